The first-order valence-corrected chi connectivity index (χ1v) is 16.7. The van der Waals surface area contributed by atoms with Gasteiger partial charge in [0.05, 0.1) is 35.4 Å². The molecule has 0 aliphatic carbocycles. The lowest BCUT2D eigenvalue weighted by molar-refractivity contribution is -0.122. The average molecular weight is 694 g/mol. The van der Waals surface area contributed by atoms with Crippen LogP contribution in [0.15, 0.2) is 76.6 Å². The molecule has 1 fully saturated rings. The number of carbonyl (C=O) groups is 4. The highest BCUT2D eigenvalue weighted by molar-refractivity contribution is 8.00. The number of esters is 1. The van der Waals surface area contributed by atoms with Crippen molar-refractivity contribution in [3.8, 4) is 11.5 Å². The largest absolute Gasteiger partial charge is 0.504 e. The van der Waals surface area contributed by atoms with Crippen LogP contribution in [-0.2, 0) is 25.7 Å². The molecule has 2 aliphatic rings. The van der Waals surface area contributed by atoms with Gasteiger partial charge in [0.25, 0.3) is 0 Å². The van der Waals surface area contributed by atoms with Crippen LogP contribution in [0.3, 0.4) is 0 Å². The molecule has 2 aliphatic heterocycles. The van der Waals surface area contributed by atoms with Gasteiger partial charge in [-0.25, -0.2) is 9.69 Å². The number of nitrogens with zero attached hydrogens (tertiary/aromatic N) is 2. The van der Waals surface area contributed by atoms with Gasteiger partial charge in [0, 0.05) is 21.5 Å². The second kappa shape index (κ2) is 13.3. The number of thiazole rings is 1. The summed E-state index contributed by atoms with van der Waals surface area (Å²) in [6.07, 6.45) is 0. The fraction of sp³-hybridized carbons (Fsp3) is 0.242. The van der Waals surface area contributed by atoms with Crippen LogP contribution in [0, 0.1) is 5.92 Å². The molecule has 0 saturated carbocycles. The van der Waals surface area contributed by atoms with Crippen molar-refractivity contribution in [3.63, 3.8) is 0 Å². The van der Waals surface area contributed by atoms with Gasteiger partial charge in [-0.15, -0.1) is 0 Å². The monoisotopic (exact) mass is 693 g/mol. The van der Waals surface area contributed by atoms with E-state index in [-0.39, 0.29) is 42.5 Å². The molecule has 0 radical (unpaired) electrons. The molecule has 1 aromatic heterocycles. The van der Waals surface area contributed by atoms with Crippen LogP contribution in [0.25, 0.3) is 0 Å². The molecule has 3 amide bonds. The number of aromatic nitrogens is 1. The van der Waals surface area contributed by atoms with E-state index in [1.807, 2.05) is 0 Å². The number of amides is 3. The number of phenols is 1. The number of hydrogen-bond acceptors (Lipinski definition) is 10. The lowest BCUT2D eigenvalue weighted by atomic mass is 9.83. The van der Waals surface area contributed by atoms with E-state index in [2.05, 4.69) is 5.32 Å². The van der Waals surface area contributed by atoms with Crippen LogP contribution in [0.5, 0.6) is 11.5 Å². The summed E-state index contributed by atoms with van der Waals surface area (Å²) < 4.78 is 12.0. The minimum atomic E-state index is -0.936. The first-order valence-electron chi connectivity index (χ1n) is 14.7. The Balaban J connectivity index is 1.40. The Morgan fingerprint density at radius 1 is 0.957 bits per heavy atom. The number of benzene rings is 3. The highest BCUT2D eigenvalue weighted by atomic mass is 35.5. The van der Waals surface area contributed by atoms with E-state index in [1.165, 1.54) is 34.9 Å². The quantitative estimate of drug-likeness (QED) is 0.177. The second-order valence-corrected chi connectivity index (χ2v) is 13.2. The Hall–Kier alpha value is -4.59. The van der Waals surface area contributed by atoms with Gasteiger partial charge in [-0.2, -0.15) is 0 Å². The third kappa shape index (κ3) is 6.13. The Bertz CT molecular complexity index is 1940. The molecule has 242 valence electrons. The molecule has 3 aromatic carbocycles. The summed E-state index contributed by atoms with van der Waals surface area (Å²) in [4.78, 5) is 68.2. The summed E-state index contributed by atoms with van der Waals surface area (Å²) in [5.41, 5.74) is 1.61. The highest BCUT2D eigenvalue weighted by Gasteiger charge is 2.57. The fourth-order valence-electron chi connectivity index (χ4n) is 5.70. The number of carbonyl (C=O) groups excluding carboxylic acids is 4. The van der Waals surface area contributed by atoms with Crippen LogP contribution in [0.4, 0.5) is 11.4 Å². The maximum Gasteiger partial charge on any atom is 0.338 e. The van der Waals surface area contributed by atoms with Crippen molar-refractivity contribution in [3.05, 3.63) is 97.4 Å². The summed E-state index contributed by atoms with van der Waals surface area (Å²) in [7, 11) is 0. The van der Waals surface area contributed by atoms with E-state index in [9.17, 15) is 29.1 Å². The molecule has 1 saturated heterocycles. The van der Waals surface area contributed by atoms with Crippen molar-refractivity contribution >= 4 is 69.8 Å². The SMILES string of the molecule is CCOC(=O)c1ccc(N2C(=O)C3Sc4c(sc(=O)n4CC(=O)Nc4ccc(Cl)cc4)C(c4ccc(O)c(OCC)c4)C3C2=O)cc1. The molecule has 3 unspecified atom stereocenters. The zero-order valence-corrected chi connectivity index (χ0v) is 27.5. The lowest BCUT2D eigenvalue weighted by Gasteiger charge is -2.31. The number of hydrogen-bond donors (Lipinski definition) is 2. The van der Waals surface area contributed by atoms with Gasteiger partial charge in [-0.1, -0.05) is 40.8 Å². The number of ether oxygens (including phenoxy) is 2. The van der Waals surface area contributed by atoms with Crippen LogP contribution in [0.2, 0.25) is 5.02 Å². The van der Waals surface area contributed by atoms with Crippen LogP contribution < -0.4 is 19.8 Å². The molecule has 2 N–H and O–H groups in total. The van der Waals surface area contributed by atoms with E-state index < -0.39 is 45.6 Å². The number of phenolic OH excluding ortho intramolecular Hbond substituents is 1. The van der Waals surface area contributed by atoms with Gasteiger partial charge in [0.1, 0.15) is 11.8 Å². The van der Waals surface area contributed by atoms with Gasteiger partial charge in [0.2, 0.25) is 17.7 Å². The Morgan fingerprint density at radius 2 is 1.68 bits per heavy atom. The van der Waals surface area contributed by atoms with Crippen molar-refractivity contribution in [2.24, 2.45) is 5.92 Å². The summed E-state index contributed by atoms with van der Waals surface area (Å²) in [6.45, 7) is 3.60. The fourth-order valence-corrected chi connectivity index (χ4v) is 8.60. The van der Waals surface area contributed by atoms with Crippen molar-refractivity contribution in [1.29, 1.82) is 0 Å². The lowest BCUT2D eigenvalue weighted by Crippen LogP contribution is -2.33. The van der Waals surface area contributed by atoms with E-state index in [4.69, 9.17) is 21.1 Å². The molecule has 4 aromatic rings. The smallest absolute Gasteiger partial charge is 0.338 e. The van der Waals surface area contributed by atoms with E-state index in [0.29, 0.717) is 26.2 Å². The van der Waals surface area contributed by atoms with E-state index in [1.54, 1.807) is 50.2 Å². The van der Waals surface area contributed by atoms with Gasteiger partial charge in [-0.05, 0) is 80.1 Å². The summed E-state index contributed by atoms with van der Waals surface area (Å²) in [5.74, 6) is -3.56. The Kier molecular flexibility index (Phi) is 9.13. The van der Waals surface area contributed by atoms with Crippen LogP contribution in [-0.4, -0.2) is 51.8 Å². The third-order valence-electron chi connectivity index (χ3n) is 7.76. The average Bonchev–Trinajstić information content (AvgIpc) is 3.49. The topological polar surface area (TPSA) is 144 Å². The molecule has 11 nitrogen and oxygen atoms in total. The molecule has 3 heterocycles. The van der Waals surface area contributed by atoms with Gasteiger partial charge in [-0.3, -0.25) is 23.7 Å². The zero-order valence-electron chi connectivity index (χ0n) is 25.1. The first kappa shape index (κ1) is 32.4. The maximum absolute atomic E-state index is 14.2. The zero-order chi connectivity index (χ0) is 33.4. The summed E-state index contributed by atoms with van der Waals surface area (Å²) in [6, 6.07) is 17.2. The molecule has 0 bridgehead atoms. The van der Waals surface area contributed by atoms with Gasteiger partial charge in [0.15, 0.2) is 11.5 Å². The normalized spacial score (nSPS) is 18.4. The number of imide groups is 1. The Labute approximate surface area is 282 Å². The van der Waals surface area contributed by atoms with Gasteiger partial charge >= 0.3 is 10.8 Å². The molecular formula is C33H28ClN3O8S2. The van der Waals surface area contributed by atoms with Crippen LogP contribution >= 0.6 is 34.7 Å². The molecule has 6 rings (SSSR count). The molecule has 0 spiro atoms. The predicted molar refractivity (Wildman–Crippen MR) is 178 cm³/mol. The molecule has 47 heavy (non-hydrogen) atoms. The number of nitrogens with one attached hydrogen (secondary N) is 1. The number of anilines is 2. The third-order valence-corrected chi connectivity index (χ3v) is 10.6. The standard InChI is InChI=1S/C33H28ClN3O8S2/c1-3-44-23-15-18(7-14-22(23)38)25-26-27(30(41)37(29(26)40)21-12-5-17(6-13-21)32(42)45-4-2)46-31-28(25)47-33(43)36(31)16-24(39)35-20-10-8-19(34)9-11-20/h5-15,25-27,38H,3-4,16H2,1-2H3,(H,35,39). The number of fused-ring (bicyclic) bond motifs is 2. The highest BCUT2D eigenvalue weighted by Crippen LogP contribution is 2.54. The minimum absolute atomic E-state index is 0.0978. The number of aromatic hydroxyl groups is 1. The molecule has 14 heteroatoms. The summed E-state index contributed by atoms with van der Waals surface area (Å²) >= 11 is 7.94. The maximum atomic E-state index is 14.2. The van der Waals surface area contributed by atoms with Crippen molar-refractivity contribution < 1.29 is 33.8 Å². The van der Waals surface area contributed by atoms with Gasteiger partial charge < -0.3 is 19.9 Å². The minimum Gasteiger partial charge on any atom is -0.504 e. The number of rotatable bonds is 9. The summed E-state index contributed by atoms with van der Waals surface area (Å²) in [5, 5.41) is 13.1. The Morgan fingerprint density at radius 3 is 2.36 bits per heavy atom. The van der Waals surface area contributed by atoms with Crippen LogP contribution in [0.1, 0.15) is 40.6 Å². The number of halogens is 1. The van der Waals surface area contributed by atoms with Crippen molar-refractivity contribution in [2.75, 3.05) is 23.4 Å². The van der Waals surface area contributed by atoms with E-state index >= 15 is 0 Å². The van der Waals surface area contributed by atoms with Crippen molar-refractivity contribution in [1.82, 2.24) is 4.57 Å². The molecular weight excluding hydrogens is 666 g/mol. The second-order valence-electron chi connectivity index (χ2n) is 10.7. The molecule has 3 atom stereocenters. The van der Waals surface area contributed by atoms with Crippen molar-refractivity contribution in [2.45, 2.75) is 36.6 Å². The predicted octanol–water partition coefficient (Wildman–Crippen LogP) is 5.28. The van der Waals surface area contributed by atoms with E-state index in [0.717, 1.165) is 28.0 Å². The number of thioether (sulfide) groups is 1. The first-order chi connectivity index (χ1) is 22.6.